The van der Waals surface area contributed by atoms with Crippen molar-refractivity contribution in [3.63, 3.8) is 0 Å². The third-order valence-electron chi connectivity index (χ3n) is 1.85. The highest BCUT2D eigenvalue weighted by Crippen LogP contribution is 2.14. The van der Waals surface area contributed by atoms with Crippen molar-refractivity contribution in [1.82, 2.24) is 10.3 Å². The van der Waals surface area contributed by atoms with Gasteiger partial charge in [0, 0.05) is 20.3 Å². The summed E-state index contributed by atoms with van der Waals surface area (Å²) in [6, 6.07) is 3.57. The van der Waals surface area contributed by atoms with Crippen molar-refractivity contribution in [3.05, 3.63) is 23.9 Å². The fourth-order valence-electron chi connectivity index (χ4n) is 1.23. The maximum atomic E-state index is 11.6. The molecule has 0 saturated carbocycles. The summed E-state index contributed by atoms with van der Waals surface area (Å²) in [4.78, 5) is 17.6. The van der Waals surface area contributed by atoms with Crippen molar-refractivity contribution in [2.75, 3.05) is 32.6 Å². The zero-order valence-electron chi connectivity index (χ0n) is 8.74. The summed E-state index contributed by atoms with van der Waals surface area (Å²) in [6.07, 6.45) is 1.69. The van der Waals surface area contributed by atoms with E-state index in [-0.39, 0.29) is 5.78 Å². The lowest BCUT2D eigenvalue weighted by atomic mass is 10.1. The summed E-state index contributed by atoms with van der Waals surface area (Å²) in [5.74, 6) is 0.775. The number of hydrogen-bond donors (Lipinski definition) is 1. The maximum absolute atomic E-state index is 11.6. The first kappa shape index (κ1) is 10.7. The molecule has 4 heteroatoms. The van der Waals surface area contributed by atoms with Crippen molar-refractivity contribution in [2.45, 2.75) is 0 Å². The predicted molar refractivity (Wildman–Crippen MR) is 56.8 cm³/mol. The van der Waals surface area contributed by atoms with Crippen LogP contribution in [-0.4, -0.2) is 38.5 Å². The Morgan fingerprint density at radius 3 is 2.86 bits per heavy atom. The average molecular weight is 193 g/mol. The monoisotopic (exact) mass is 193 g/mol. The Kier molecular flexibility index (Phi) is 3.59. The topological polar surface area (TPSA) is 45.2 Å². The second-order valence-corrected chi connectivity index (χ2v) is 3.22. The van der Waals surface area contributed by atoms with Crippen LogP contribution in [0, 0.1) is 0 Å². The third-order valence-corrected chi connectivity index (χ3v) is 1.85. The molecule has 4 nitrogen and oxygen atoms in total. The van der Waals surface area contributed by atoms with Gasteiger partial charge in [-0.3, -0.25) is 4.79 Å². The molecule has 1 aromatic rings. The van der Waals surface area contributed by atoms with Gasteiger partial charge in [0.1, 0.15) is 5.82 Å². The summed E-state index contributed by atoms with van der Waals surface area (Å²) < 4.78 is 0. The Labute approximate surface area is 83.9 Å². The Morgan fingerprint density at radius 2 is 2.29 bits per heavy atom. The first-order valence-corrected chi connectivity index (χ1v) is 4.47. The number of hydrogen-bond acceptors (Lipinski definition) is 4. The molecule has 0 aliphatic carbocycles. The van der Waals surface area contributed by atoms with Gasteiger partial charge in [-0.15, -0.1) is 0 Å². The number of carbonyl (C=O) groups is 1. The summed E-state index contributed by atoms with van der Waals surface area (Å²) >= 11 is 0. The molecule has 0 aromatic carbocycles. The number of nitrogens with zero attached hydrogens (tertiary/aromatic N) is 2. The number of nitrogens with one attached hydrogen (secondary N) is 1. The van der Waals surface area contributed by atoms with Crippen LogP contribution in [0.25, 0.3) is 0 Å². The van der Waals surface area contributed by atoms with Crippen LogP contribution >= 0.6 is 0 Å². The summed E-state index contributed by atoms with van der Waals surface area (Å²) in [5, 5.41) is 2.84. The predicted octanol–water partition coefficient (Wildman–Crippen LogP) is 0.550. The quantitative estimate of drug-likeness (QED) is 0.709. The van der Waals surface area contributed by atoms with E-state index in [1.54, 1.807) is 25.4 Å². The van der Waals surface area contributed by atoms with Gasteiger partial charge in [0.25, 0.3) is 0 Å². The fraction of sp³-hybridized carbons (Fsp3) is 0.400. The first-order chi connectivity index (χ1) is 6.66. The zero-order valence-corrected chi connectivity index (χ0v) is 8.74. The van der Waals surface area contributed by atoms with Crippen LogP contribution in [0.2, 0.25) is 0 Å². The van der Waals surface area contributed by atoms with Gasteiger partial charge in [0.2, 0.25) is 0 Å². The Bertz CT molecular complexity index is 323. The van der Waals surface area contributed by atoms with Crippen LogP contribution < -0.4 is 10.2 Å². The maximum Gasteiger partial charge on any atom is 0.180 e. The van der Waals surface area contributed by atoms with E-state index in [4.69, 9.17) is 0 Å². The molecule has 0 aliphatic heterocycles. The highest BCUT2D eigenvalue weighted by atomic mass is 16.1. The lowest BCUT2D eigenvalue weighted by Gasteiger charge is -2.14. The number of carbonyl (C=O) groups excluding carboxylic acids is 1. The van der Waals surface area contributed by atoms with Crippen LogP contribution in [0.5, 0.6) is 0 Å². The van der Waals surface area contributed by atoms with E-state index in [1.807, 2.05) is 19.0 Å². The molecule has 76 valence electrons. The van der Waals surface area contributed by atoms with Gasteiger partial charge in [-0.25, -0.2) is 4.98 Å². The summed E-state index contributed by atoms with van der Waals surface area (Å²) in [6.45, 7) is 0.340. The normalized spacial score (nSPS) is 9.93. The Hall–Kier alpha value is -1.42. The molecule has 1 heterocycles. The Balaban J connectivity index is 3.00. The molecule has 1 N–H and O–H groups in total. The molecular weight excluding hydrogens is 178 g/mol. The van der Waals surface area contributed by atoms with Gasteiger partial charge >= 0.3 is 0 Å². The van der Waals surface area contributed by atoms with Crippen LogP contribution in [0.3, 0.4) is 0 Å². The molecule has 0 atom stereocenters. The van der Waals surface area contributed by atoms with Crippen LogP contribution in [0.4, 0.5) is 5.82 Å². The largest absolute Gasteiger partial charge is 0.362 e. The SMILES string of the molecule is CNCC(=O)c1cccnc1N(C)C. The molecule has 0 unspecified atom stereocenters. The highest BCUT2D eigenvalue weighted by Gasteiger charge is 2.11. The fourth-order valence-corrected chi connectivity index (χ4v) is 1.23. The van der Waals surface area contributed by atoms with E-state index in [0.29, 0.717) is 17.9 Å². The number of anilines is 1. The number of rotatable bonds is 4. The minimum Gasteiger partial charge on any atom is -0.362 e. The molecule has 0 amide bonds. The van der Waals surface area contributed by atoms with Crippen molar-refractivity contribution >= 4 is 11.6 Å². The smallest absolute Gasteiger partial charge is 0.180 e. The molecule has 0 radical (unpaired) electrons. The van der Waals surface area contributed by atoms with Gasteiger partial charge in [-0.1, -0.05) is 0 Å². The minimum absolute atomic E-state index is 0.0595. The second-order valence-electron chi connectivity index (χ2n) is 3.22. The van der Waals surface area contributed by atoms with E-state index < -0.39 is 0 Å². The highest BCUT2D eigenvalue weighted by molar-refractivity contribution is 6.01. The second kappa shape index (κ2) is 4.72. The van der Waals surface area contributed by atoms with E-state index >= 15 is 0 Å². The molecule has 14 heavy (non-hydrogen) atoms. The lowest BCUT2D eigenvalue weighted by Crippen LogP contribution is -2.22. The van der Waals surface area contributed by atoms with E-state index in [0.717, 1.165) is 0 Å². The number of pyridine rings is 1. The average Bonchev–Trinajstić information content (AvgIpc) is 2.18. The summed E-state index contributed by atoms with van der Waals surface area (Å²) in [7, 11) is 5.50. The molecule has 0 fully saturated rings. The standard InChI is InChI=1S/C10H15N3O/c1-11-7-9(14)8-5-4-6-12-10(8)13(2)3/h4-6,11H,7H2,1-3H3. The molecule has 0 bridgehead atoms. The lowest BCUT2D eigenvalue weighted by molar-refractivity contribution is 0.0994. The summed E-state index contributed by atoms with van der Waals surface area (Å²) in [5.41, 5.74) is 0.659. The number of Topliss-reactive ketones (excluding diaryl/α,β-unsaturated/α-hetero) is 1. The van der Waals surface area contributed by atoms with Gasteiger partial charge < -0.3 is 10.2 Å². The molecule has 0 aliphatic rings. The van der Waals surface area contributed by atoms with Gasteiger partial charge in [-0.05, 0) is 19.2 Å². The number of aromatic nitrogens is 1. The van der Waals surface area contributed by atoms with E-state index in [2.05, 4.69) is 10.3 Å². The molecule has 1 aromatic heterocycles. The minimum atomic E-state index is 0.0595. The molecular formula is C10H15N3O. The van der Waals surface area contributed by atoms with Crippen molar-refractivity contribution in [2.24, 2.45) is 0 Å². The number of ketones is 1. The zero-order chi connectivity index (χ0) is 10.6. The van der Waals surface area contributed by atoms with Crippen molar-refractivity contribution < 1.29 is 4.79 Å². The third kappa shape index (κ3) is 2.29. The van der Waals surface area contributed by atoms with Gasteiger partial charge in [-0.2, -0.15) is 0 Å². The van der Waals surface area contributed by atoms with E-state index in [1.165, 1.54) is 0 Å². The molecule has 1 rings (SSSR count). The van der Waals surface area contributed by atoms with Crippen molar-refractivity contribution in [3.8, 4) is 0 Å². The first-order valence-electron chi connectivity index (χ1n) is 4.47. The van der Waals surface area contributed by atoms with Gasteiger partial charge in [0.15, 0.2) is 5.78 Å². The Morgan fingerprint density at radius 1 is 1.57 bits per heavy atom. The van der Waals surface area contributed by atoms with Crippen molar-refractivity contribution in [1.29, 1.82) is 0 Å². The number of likely N-dealkylation sites (N-methyl/N-ethyl adjacent to an activating group) is 1. The van der Waals surface area contributed by atoms with Gasteiger partial charge in [0.05, 0.1) is 12.1 Å². The molecule has 0 saturated heterocycles. The van der Waals surface area contributed by atoms with Crippen LogP contribution in [0.1, 0.15) is 10.4 Å². The molecule has 0 spiro atoms. The van der Waals surface area contributed by atoms with E-state index in [9.17, 15) is 4.79 Å². The van der Waals surface area contributed by atoms with Crippen LogP contribution in [-0.2, 0) is 0 Å². The van der Waals surface area contributed by atoms with Crippen LogP contribution in [0.15, 0.2) is 18.3 Å².